The fourth-order valence-electron chi connectivity index (χ4n) is 11.6. The quantitative estimate of drug-likeness (QED) is 0.0412. The first-order valence-electron chi connectivity index (χ1n) is 28.8. The smallest absolute Gasteiger partial charge is 0.460 e. The SMILES string of the molecule is CO[C@H]1C[C@@H]2CC[C@@H](C)[C@@](O)(O2)C(=O)C(=O)N2CCCC[C@H]2C(=O)O[C@H]([C@H](C)C[C@@H]2CC[C@@H](OC(=O)Oc3ccc([N+](=O)[O-])cc3)[C@H](OC)C2)CC(=O)[C@H](C)/C=C(\C)[C@@H](O[Si](C)(C)C)[C@@H](OC)C(=O)[C@H](C)C[C@H](C)/C=C/C=CC=C1C. The summed E-state index contributed by atoms with van der Waals surface area (Å²) in [7, 11) is 2.23. The number of Topliss-reactive ketones (excluding diaryl/α,β-unsaturated/α-hetero) is 3. The summed E-state index contributed by atoms with van der Waals surface area (Å²) in [6, 6.07) is 3.82. The summed E-state index contributed by atoms with van der Waals surface area (Å²) in [4.78, 5) is 97.3. The third-order valence-electron chi connectivity index (χ3n) is 16.4. The number of ketones is 3. The molecular weight excluding hydrogens is 1060 g/mol. The van der Waals surface area contributed by atoms with Crippen molar-refractivity contribution in [3.05, 3.63) is 82.0 Å². The molecule has 0 aromatic heterocycles. The standard InChI is InChI=1S/C61H90N2O17Si/c1-37-19-15-14-16-20-38(2)51(73-8)35-47-26-22-43(7)61(70,79-47)57(66)58(67)62-30-18-17-21-48(62)59(68)77-52(36-49(64)39(3)32-42(6)55(80-81(11,12)13)56(75-10)54(65)41(5)31-37)40(4)33-44-23-29-50(53(34-44)74-9)78-60(69)76-46-27-24-45(25-28-46)63(71)72/h14-16,19-20,24-25,27-28,32,37,39-41,43-44,47-48,50-53,55-56,70H,17-18,21-23,26,29-31,33-36H2,1-13H3/b16-14?,19-15+,38-20?,42-32+/t37-,39-,40-,41-,43-,44+,47+,48+,50-,51+,52+,53-,55-,56+,61-/m1/s1. The van der Waals surface area contributed by atoms with Gasteiger partial charge in [-0.3, -0.25) is 29.3 Å². The molecule has 450 valence electrons. The van der Waals surface area contributed by atoms with Gasteiger partial charge < -0.3 is 47.6 Å². The number of nitro benzene ring substituents is 1. The highest BCUT2D eigenvalue weighted by Gasteiger charge is 2.53. The molecule has 0 unspecified atom stereocenters. The van der Waals surface area contributed by atoms with Crippen LogP contribution < -0.4 is 4.74 Å². The normalized spacial score (nSPS) is 33.7. The van der Waals surface area contributed by atoms with Gasteiger partial charge in [-0.25, -0.2) is 9.59 Å². The van der Waals surface area contributed by atoms with Gasteiger partial charge in [-0.1, -0.05) is 71.1 Å². The molecule has 20 heteroatoms. The van der Waals surface area contributed by atoms with Gasteiger partial charge in [0, 0.05) is 70.6 Å². The number of cyclic esters (lactones) is 1. The number of aliphatic hydroxyl groups is 1. The summed E-state index contributed by atoms with van der Waals surface area (Å²) < 4.78 is 48.0. The van der Waals surface area contributed by atoms with Gasteiger partial charge >= 0.3 is 12.1 Å². The average molecular weight is 1150 g/mol. The number of hydrogen-bond acceptors (Lipinski definition) is 17. The summed E-state index contributed by atoms with van der Waals surface area (Å²) in [5.74, 6) is -8.17. The Morgan fingerprint density at radius 3 is 2.20 bits per heavy atom. The molecule has 1 amide bonds. The van der Waals surface area contributed by atoms with Crippen LogP contribution in [0.15, 0.2) is 71.9 Å². The molecule has 3 heterocycles. The van der Waals surface area contributed by atoms with E-state index in [1.54, 1.807) is 27.0 Å². The largest absolute Gasteiger partial charge is 0.514 e. The average Bonchev–Trinajstić information content (AvgIpc) is 3.42. The van der Waals surface area contributed by atoms with Crippen LogP contribution in [0.5, 0.6) is 5.75 Å². The fourth-order valence-corrected chi connectivity index (χ4v) is 12.7. The van der Waals surface area contributed by atoms with Gasteiger partial charge in [-0.2, -0.15) is 0 Å². The molecule has 81 heavy (non-hydrogen) atoms. The van der Waals surface area contributed by atoms with Gasteiger partial charge in [0.15, 0.2) is 14.1 Å². The molecule has 4 aliphatic rings. The number of piperidine rings is 1. The molecule has 1 N–H and O–H groups in total. The number of fused-ring (bicyclic) bond motifs is 3. The topological polar surface area (TPSA) is 243 Å². The number of benzene rings is 1. The third-order valence-corrected chi connectivity index (χ3v) is 17.4. The van der Waals surface area contributed by atoms with E-state index >= 15 is 0 Å². The Morgan fingerprint density at radius 2 is 1.56 bits per heavy atom. The molecule has 15 atom stereocenters. The number of hydrogen-bond donors (Lipinski definition) is 1. The highest BCUT2D eigenvalue weighted by Crippen LogP contribution is 2.39. The molecular formula is C61H90N2O17Si. The lowest BCUT2D eigenvalue weighted by Gasteiger charge is -2.42. The van der Waals surface area contributed by atoms with Crippen LogP contribution in [0, 0.1) is 45.6 Å². The third kappa shape index (κ3) is 18.6. The molecule has 3 fully saturated rings. The van der Waals surface area contributed by atoms with E-state index in [1.807, 2.05) is 84.6 Å². The van der Waals surface area contributed by atoms with E-state index in [9.17, 15) is 44.0 Å². The number of methoxy groups -OCH3 is 3. The van der Waals surface area contributed by atoms with Crippen LogP contribution >= 0.6 is 0 Å². The summed E-state index contributed by atoms with van der Waals surface area (Å²) >= 11 is 0. The van der Waals surface area contributed by atoms with Crippen molar-refractivity contribution in [2.45, 2.75) is 200 Å². The van der Waals surface area contributed by atoms with E-state index in [-0.39, 0.29) is 54.2 Å². The zero-order chi connectivity index (χ0) is 59.9. The highest BCUT2D eigenvalue weighted by atomic mass is 28.4. The number of amides is 1. The number of nitrogens with zero attached hydrogens (tertiary/aromatic N) is 2. The van der Waals surface area contributed by atoms with Gasteiger partial charge in [0.1, 0.15) is 35.9 Å². The molecule has 1 aromatic carbocycles. The molecule has 1 saturated carbocycles. The van der Waals surface area contributed by atoms with Crippen molar-refractivity contribution in [2.75, 3.05) is 27.9 Å². The van der Waals surface area contributed by atoms with Crippen molar-refractivity contribution >= 4 is 49.4 Å². The molecule has 0 spiro atoms. The maximum absolute atomic E-state index is 14.7. The van der Waals surface area contributed by atoms with E-state index in [1.165, 1.54) is 43.4 Å². The van der Waals surface area contributed by atoms with Crippen molar-refractivity contribution in [2.24, 2.45) is 35.5 Å². The molecule has 1 aliphatic carbocycles. The number of nitro groups is 1. The second-order valence-electron chi connectivity index (χ2n) is 24.0. The maximum Gasteiger partial charge on any atom is 0.514 e. The molecule has 19 nitrogen and oxygen atoms in total. The van der Waals surface area contributed by atoms with Crippen molar-refractivity contribution in [3.63, 3.8) is 0 Å². The minimum atomic E-state index is -2.47. The Bertz CT molecular complexity index is 2470. The van der Waals surface area contributed by atoms with E-state index in [0.29, 0.717) is 69.8 Å². The van der Waals surface area contributed by atoms with Gasteiger partial charge in [-0.15, -0.1) is 0 Å². The Kier molecular flexibility index (Phi) is 25.0. The molecule has 2 bridgehead atoms. The first kappa shape index (κ1) is 66.6. The Labute approximate surface area is 479 Å². The van der Waals surface area contributed by atoms with Gasteiger partial charge in [0.2, 0.25) is 5.79 Å². The van der Waals surface area contributed by atoms with E-state index in [0.717, 1.165) is 5.57 Å². The monoisotopic (exact) mass is 1150 g/mol. The number of non-ortho nitro benzene ring substituents is 1. The van der Waals surface area contributed by atoms with Crippen LogP contribution in [0.4, 0.5) is 10.5 Å². The van der Waals surface area contributed by atoms with Crippen molar-refractivity contribution in [1.82, 2.24) is 4.90 Å². The van der Waals surface area contributed by atoms with Gasteiger partial charge in [-0.05, 0) is 139 Å². The van der Waals surface area contributed by atoms with Gasteiger partial charge in [0.05, 0.1) is 29.3 Å². The summed E-state index contributed by atoms with van der Waals surface area (Å²) in [6.45, 7) is 19.1. The second-order valence-corrected chi connectivity index (χ2v) is 28.4. The fraction of sp³-hybridized carbons (Fsp3) is 0.672. The zero-order valence-electron chi connectivity index (χ0n) is 49.9. The minimum Gasteiger partial charge on any atom is -0.460 e. The zero-order valence-corrected chi connectivity index (χ0v) is 50.9. The predicted molar refractivity (Wildman–Crippen MR) is 305 cm³/mol. The van der Waals surface area contributed by atoms with Gasteiger partial charge in [0.25, 0.3) is 17.4 Å². The summed E-state index contributed by atoms with van der Waals surface area (Å²) in [5, 5.41) is 23.2. The molecule has 5 rings (SSSR count). The van der Waals surface area contributed by atoms with Crippen LogP contribution in [-0.2, 0) is 56.8 Å². The first-order chi connectivity index (χ1) is 38.2. The molecule has 3 aliphatic heterocycles. The van der Waals surface area contributed by atoms with Crippen molar-refractivity contribution in [1.29, 1.82) is 0 Å². The van der Waals surface area contributed by atoms with E-state index in [4.69, 9.17) is 37.6 Å². The number of carbonyl (C=O) groups excluding carboxylic acids is 6. The van der Waals surface area contributed by atoms with Crippen LogP contribution in [0.3, 0.4) is 0 Å². The first-order valence-corrected chi connectivity index (χ1v) is 32.2. The highest BCUT2D eigenvalue weighted by molar-refractivity contribution is 6.69. The Morgan fingerprint density at radius 1 is 0.852 bits per heavy atom. The van der Waals surface area contributed by atoms with Crippen LogP contribution in [-0.4, -0.2) is 141 Å². The lowest BCUT2D eigenvalue weighted by molar-refractivity contribution is -0.384. The molecule has 0 radical (unpaired) electrons. The second kappa shape index (κ2) is 30.4. The Hall–Kier alpha value is -5.22. The van der Waals surface area contributed by atoms with Crippen molar-refractivity contribution in [3.8, 4) is 5.75 Å². The minimum absolute atomic E-state index is 0.0214. The van der Waals surface area contributed by atoms with Crippen LogP contribution in [0.1, 0.15) is 126 Å². The lowest BCUT2D eigenvalue weighted by Crippen LogP contribution is -2.61. The number of ether oxygens (including phenoxy) is 7. The number of carbonyl (C=O) groups is 6. The summed E-state index contributed by atoms with van der Waals surface area (Å²) in [5.41, 5.74) is 1.34. The maximum atomic E-state index is 14.7. The number of rotatable bonds is 11. The number of esters is 1. The van der Waals surface area contributed by atoms with E-state index in [2.05, 4.69) is 0 Å². The lowest BCUT2D eigenvalue weighted by atomic mass is 9.78. The summed E-state index contributed by atoms with van der Waals surface area (Å²) in [6.07, 6.45) is 9.92. The molecule has 1 aromatic rings. The van der Waals surface area contributed by atoms with Crippen LogP contribution in [0.25, 0.3) is 0 Å². The van der Waals surface area contributed by atoms with E-state index < -0.39 is 115 Å². The van der Waals surface area contributed by atoms with Crippen LogP contribution in [0.2, 0.25) is 19.6 Å². The Balaban J connectivity index is 1.47. The van der Waals surface area contributed by atoms with Crippen molar-refractivity contribution < 1.29 is 76.4 Å². The number of allylic oxidation sites excluding steroid dienone is 6. The predicted octanol–water partition coefficient (Wildman–Crippen LogP) is 10.2. The molecule has 2 saturated heterocycles.